The third kappa shape index (κ3) is 2.61. The highest BCUT2D eigenvalue weighted by Gasteiger charge is 2.36. The van der Waals surface area contributed by atoms with Crippen LogP contribution >= 0.6 is 22.9 Å². The molecule has 0 saturated carbocycles. The second-order valence-electron chi connectivity index (χ2n) is 5.74. The minimum Gasteiger partial charge on any atom is -0.339 e. The predicted molar refractivity (Wildman–Crippen MR) is 93.5 cm³/mol. The Balaban J connectivity index is 1.61. The number of anilines is 1. The summed E-state index contributed by atoms with van der Waals surface area (Å²) in [6.07, 6.45) is 0.344. The van der Waals surface area contributed by atoms with Crippen molar-refractivity contribution in [2.45, 2.75) is 19.3 Å². The number of amides is 1. The SMILES string of the molecule is Cc1cccc(Cl)c1N1CC(c2nc(-c3cccs3)no2)CC1=O. The van der Waals surface area contributed by atoms with Crippen molar-refractivity contribution < 1.29 is 9.32 Å². The minimum atomic E-state index is -0.116. The van der Waals surface area contributed by atoms with Crippen LogP contribution in [0.2, 0.25) is 5.02 Å². The van der Waals surface area contributed by atoms with Crippen molar-refractivity contribution in [2.75, 3.05) is 11.4 Å². The monoisotopic (exact) mass is 359 g/mol. The molecular weight excluding hydrogens is 346 g/mol. The molecule has 1 atom stereocenters. The number of nitrogens with zero attached hydrogens (tertiary/aromatic N) is 3. The average Bonchev–Trinajstić information content (AvgIpc) is 3.26. The average molecular weight is 360 g/mol. The van der Waals surface area contributed by atoms with E-state index in [-0.39, 0.29) is 11.8 Å². The fraction of sp³-hybridized carbons (Fsp3) is 0.235. The van der Waals surface area contributed by atoms with Crippen LogP contribution in [0.1, 0.15) is 23.8 Å². The molecule has 1 saturated heterocycles. The van der Waals surface area contributed by atoms with E-state index in [2.05, 4.69) is 10.1 Å². The van der Waals surface area contributed by atoms with Gasteiger partial charge in [-0.25, -0.2) is 0 Å². The molecule has 3 aromatic rings. The molecule has 1 unspecified atom stereocenters. The Labute approximate surface area is 147 Å². The van der Waals surface area contributed by atoms with E-state index in [0.717, 1.165) is 16.1 Å². The van der Waals surface area contributed by atoms with Crippen molar-refractivity contribution in [2.24, 2.45) is 0 Å². The van der Waals surface area contributed by atoms with Crippen molar-refractivity contribution in [3.63, 3.8) is 0 Å². The molecule has 24 heavy (non-hydrogen) atoms. The summed E-state index contributed by atoms with van der Waals surface area (Å²) in [5, 5.41) is 6.57. The van der Waals surface area contributed by atoms with Crippen LogP contribution in [0, 0.1) is 6.92 Å². The van der Waals surface area contributed by atoms with Crippen molar-refractivity contribution in [3.05, 3.63) is 52.2 Å². The molecule has 1 fully saturated rings. The summed E-state index contributed by atoms with van der Waals surface area (Å²) in [6.45, 7) is 2.44. The summed E-state index contributed by atoms with van der Waals surface area (Å²) >= 11 is 7.85. The molecule has 1 aliphatic heterocycles. The van der Waals surface area contributed by atoms with E-state index in [1.807, 2.05) is 36.6 Å². The summed E-state index contributed by atoms with van der Waals surface area (Å²) in [7, 11) is 0. The van der Waals surface area contributed by atoms with Crippen molar-refractivity contribution in [3.8, 4) is 10.7 Å². The third-order valence-corrected chi connectivity index (χ3v) is 5.29. The van der Waals surface area contributed by atoms with Crippen LogP contribution in [-0.2, 0) is 4.79 Å². The number of benzene rings is 1. The number of aryl methyl sites for hydroxylation is 1. The standard InChI is InChI=1S/C17H14ClN3O2S/c1-10-4-2-5-12(18)15(10)21-9-11(8-14(21)22)17-19-16(20-23-17)13-6-3-7-24-13/h2-7,11H,8-9H2,1H3. The maximum atomic E-state index is 12.5. The molecule has 1 aliphatic rings. The Hall–Kier alpha value is -2.18. The van der Waals surface area contributed by atoms with Gasteiger partial charge < -0.3 is 9.42 Å². The lowest BCUT2D eigenvalue weighted by atomic mass is 10.1. The Morgan fingerprint density at radius 2 is 2.21 bits per heavy atom. The highest BCUT2D eigenvalue weighted by molar-refractivity contribution is 7.13. The van der Waals surface area contributed by atoms with Crippen LogP contribution in [0.5, 0.6) is 0 Å². The normalized spacial score (nSPS) is 17.7. The van der Waals surface area contributed by atoms with Gasteiger partial charge >= 0.3 is 0 Å². The van der Waals surface area contributed by atoms with Crippen molar-refractivity contribution in [1.82, 2.24) is 10.1 Å². The van der Waals surface area contributed by atoms with Crippen LogP contribution in [0.4, 0.5) is 5.69 Å². The molecule has 3 heterocycles. The number of para-hydroxylation sites is 1. The lowest BCUT2D eigenvalue weighted by molar-refractivity contribution is -0.117. The first-order valence-corrected chi connectivity index (χ1v) is 8.82. The lowest BCUT2D eigenvalue weighted by Crippen LogP contribution is -2.25. The minimum absolute atomic E-state index is 0.0204. The maximum absolute atomic E-state index is 12.5. The number of aromatic nitrogens is 2. The van der Waals surface area contributed by atoms with E-state index in [0.29, 0.717) is 29.7 Å². The van der Waals surface area contributed by atoms with Gasteiger partial charge in [-0.15, -0.1) is 11.3 Å². The summed E-state index contributed by atoms with van der Waals surface area (Å²) in [6, 6.07) is 9.51. The summed E-state index contributed by atoms with van der Waals surface area (Å²) in [4.78, 5) is 19.6. The number of rotatable bonds is 3. The predicted octanol–water partition coefficient (Wildman–Crippen LogP) is 4.28. The summed E-state index contributed by atoms with van der Waals surface area (Å²) in [5.74, 6) is 0.972. The summed E-state index contributed by atoms with van der Waals surface area (Å²) < 4.78 is 5.40. The molecule has 4 rings (SSSR count). The number of hydrogen-bond acceptors (Lipinski definition) is 5. The van der Waals surface area contributed by atoms with Crippen LogP contribution in [-0.4, -0.2) is 22.6 Å². The molecular formula is C17H14ClN3O2S. The topological polar surface area (TPSA) is 59.2 Å². The molecule has 0 bridgehead atoms. The Morgan fingerprint density at radius 1 is 1.33 bits per heavy atom. The molecule has 5 nitrogen and oxygen atoms in total. The van der Waals surface area contributed by atoms with Gasteiger partial charge in [0.05, 0.1) is 21.5 Å². The number of hydrogen-bond donors (Lipinski definition) is 0. The zero-order chi connectivity index (χ0) is 16.7. The Kier molecular flexibility index (Phi) is 3.86. The summed E-state index contributed by atoms with van der Waals surface area (Å²) in [5.41, 5.74) is 1.74. The van der Waals surface area contributed by atoms with E-state index in [4.69, 9.17) is 16.1 Å². The Morgan fingerprint density at radius 3 is 2.96 bits per heavy atom. The van der Waals surface area contributed by atoms with Crippen molar-refractivity contribution >= 4 is 34.5 Å². The van der Waals surface area contributed by atoms with E-state index in [1.54, 1.807) is 22.3 Å². The van der Waals surface area contributed by atoms with Crippen LogP contribution in [0.15, 0.2) is 40.2 Å². The van der Waals surface area contributed by atoms with Gasteiger partial charge in [0, 0.05) is 13.0 Å². The molecule has 1 amide bonds. The van der Waals surface area contributed by atoms with Gasteiger partial charge in [-0.3, -0.25) is 4.79 Å². The van der Waals surface area contributed by atoms with Gasteiger partial charge in [0.15, 0.2) is 0 Å². The first kappa shape index (κ1) is 15.4. The molecule has 7 heteroatoms. The third-order valence-electron chi connectivity index (χ3n) is 4.12. The Bertz CT molecular complexity index is 871. The lowest BCUT2D eigenvalue weighted by Gasteiger charge is -2.20. The maximum Gasteiger partial charge on any atom is 0.232 e. The first-order valence-electron chi connectivity index (χ1n) is 7.56. The van der Waals surface area contributed by atoms with Crippen LogP contribution in [0.3, 0.4) is 0 Å². The van der Waals surface area contributed by atoms with Gasteiger partial charge in [0.25, 0.3) is 0 Å². The largest absolute Gasteiger partial charge is 0.339 e. The molecule has 2 aromatic heterocycles. The molecule has 0 radical (unpaired) electrons. The van der Waals surface area contributed by atoms with Gasteiger partial charge in [0.2, 0.25) is 17.6 Å². The van der Waals surface area contributed by atoms with Gasteiger partial charge in [0.1, 0.15) is 0 Å². The fourth-order valence-corrected chi connectivity index (χ4v) is 3.93. The van der Waals surface area contributed by atoms with Gasteiger partial charge in [-0.1, -0.05) is 35.0 Å². The smallest absolute Gasteiger partial charge is 0.232 e. The zero-order valence-electron chi connectivity index (χ0n) is 12.9. The molecule has 0 N–H and O–H groups in total. The highest BCUT2D eigenvalue weighted by atomic mass is 35.5. The van der Waals surface area contributed by atoms with E-state index in [1.165, 1.54) is 0 Å². The number of carbonyl (C=O) groups is 1. The van der Waals surface area contributed by atoms with Crippen molar-refractivity contribution in [1.29, 1.82) is 0 Å². The van der Waals surface area contributed by atoms with Crippen LogP contribution < -0.4 is 4.90 Å². The number of carbonyl (C=O) groups excluding carboxylic acids is 1. The molecule has 122 valence electrons. The van der Waals surface area contributed by atoms with Gasteiger partial charge in [-0.2, -0.15) is 4.98 Å². The highest BCUT2D eigenvalue weighted by Crippen LogP contribution is 2.37. The molecule has 0 aliphatic carbocycles. The van der Waals surface area contributed by atoms with Crippen LogP contribution in [0.25, 0.3) is 10.7 Å². The first-order chi connectivity index (χ1) is 11.6. The van der Waals surface area contributed by atoms with Gasteiger partial charge in [-0.05, 0) is 30.0 Å². The fourth-order valence-electron chi connectivity index (χ4n) is 2.96. The second kappa shape index (κ2) is 6.03. The zero-order valence-corrected chi connectivity index (χ0v) is 14.5. The van der Waals surface area contributed by atoms with E-state index >= 15 is 0 Å². The number of halogens is 1. The van der Waals surface area contributed by atoms with E-state index in [9.17, 15) is 4.79 Å². The second-order valence-corrected chi connectivity index (χ2v) is 7.10. The van der Waals surface area contributed by atoms with E-state index < -0.39 is 0 Å². The molecule has 0 spiro atoms. The number of thiophene rings is 1. The molecule has 1 aromatic carbocycles. The quantitative estimate of drug-likeness (QED) is 0.700.